The Balaban J connectivity index is 1.09. The second-order valence-electron chi connectivity index (χ2n) is 13.3. The highest BCUT2D eigenvalue weighted by Crippen LogP contribution is 2.35. The first kappa shape index (κ1) is 34.4. The zero-order valence-electron chi connectivity index (χ0n) is 29.2. The van der Waals surface area contributed by atoms with Crippen LogP contribution < -0.4 is 9.47 Å². The lowest BCUT2D eigenvalue weighted by Gasteiger charge is -2.26. The smallest absolute Gasteiger partial charge is 0.206 e. The van der Waals surface area contributed by atoms with Crippen molar-refractivity contribution < 1.29 is 22.7 Å². The van der Waals surface area contributed by atoms with Crippen LogP contribution in [0.25, 0.3) is 0 Å². The minimum atomic E-state index is -3.60. The van der Waals surface area contributed by atoms with Crippen molar-refractivity contribution in [3.05, 3.63) is 178 Å². The van der Waals surface area contributed by atoms with Gasteiger partial charge in [-0.25, -0.2) is 8.42 Å². The number of carbonyl (C=O) groups excluding carboxylic acids is 1. The predicted molar refractivity (Wildman–Crippen MR) is 199 cm³/mol. The lowest BCUT2D eigenvalue weighted by atomic mass is 9.78. The number of ketones is 1. The lowest BCUT2D eigenvalue weighted by Crippen LogP contribution is -2.18. The summed E-state index contributed by atoms with van der Waals surface area (Å²) in [6.07, 6.45) is 0. The molecule has 6 aromatic rings. The molecule has 6 rings (SSSR count). The zero-order valence-corrected chi connectivity index (χ0v) is 30.0. The zero-order chi connectivity index (χ0) is 35.6. The maximum absolute atomic E-state index is 13.1. The number of carbonyl (C=O) groups is 1. The van der Waals surface area contributed by atoms with Crippen molar-refractivity contribution in [2.45, 2.75) is 56.7 Å². The summed E-state index contributed by atoms with van der Waals surface area (Å²) >= 11 is 0. The second kappa shape index (κ2) is 13.8. The van der Waals surface area contributed by atoms with Gasteiger partial charge in [-0.1, -0.05) is 67.9 Å². The average molecular weight is 681 g/mol. The normalized spacial score (nSPS) is 11.6. The Hall–Kier alpha value is -5.46. The van der Waals surface area contributed by atoms with Crippen molar-refractivity contribution in [3.63, 3.8) is 0 Å². The van der Waals surface area contributed by atoms with Crippen molar-refractivity contribution in [1.29, 1.82) is 0 Å². The number of hydrogen-bond acceptors (Lipinski definition) is 5. The molecule has 0 amide bonds. The highest BCUT2D eigenvalue weighted by atomic mass is 32.2. The van der Waals surface area contributed by atoms with E-state index in [2.05, 4.69) is 26.0 Å². The summed E-state index contributed by atoms with van der Waals surface area (Å²) in [7, 11) is -3.60. The van der Waals surface area contributed by atoms with Crippen LogP contribution in [0.4, 0.5) is 0 Å². The van der Waals surface area contributed by atoms with Gasteiger partial charge in [-0.15, -0.1) is 0 Å². The van der Waals surface area contributed by atoms with Gasteiger partial charge in [-0.3, -0.25) is 4.79 Å². The number of sulfone groups is 1. The van der Waals surface area contributed by atoms with Crippen molar-refractivity contribution in [2.75, 3.05) is 0 Å². The third kappa shape index (κ3) is 7.26. The van der Waals surface area contributed by atoms with Gasteiger partial charge < -0.3 is 9.47 Å². The van der Waals surface area contributed by atoms with Gasteiger partial charge in [-0.05, 0) is 140 Å². The number of aryl methyl sites for hydroxylation is 4. The topological polar surface area (TPSA) is 69.7 Å². The van der Waals surface area contributed by atoms with Crippen LogP contribution in [0.3, 0.4) is 0 Å². The maximum Gasteiger partial charge on any atom is 0.206 e. The molecule has 0 spiro atoms. The molecule has 0 aliphatic rings. The van der Waals surface area contributed by atoms with Gasteiger partial charge in [0.1, 0.15) is 23.0 Å². The van der Waals surface area contributed by atoms with E-state index >= 15 is 0 Å². The van der Waals surface area contributed by atoms with E-state index in [-0.39, 0.29) is 21.0 Å². The van der Waals surface area contributed by atoms with E-state index < -0.39 is 9.84 Å². The Labute approximate surface area is 295 Å². The molecular weight excluding hydrogens is 641 g/mol. The molecule has 0 saturated carbocycles. The minimum absolute atomic E-state index is 0.00483. The first-order valence-corrected chi connectivity index (χ1v) is 18.0. The molecule has 0 N–H and O–H groups in total. The Morgan fingerprint density at radius 2 is 0.940 bits per heavy atom. The van der Waals surface area contributed by atoms with E-state index in [0.29, 0.717) is 34.1 Å². The number of hydrogen-bond donors (Lipinski definition) is 0. The molecule has 0 fully saturated rings. The highest BCUT2D eigenvalue weighted by molar-refractivity contribution is 7.91. The number of ether oxygens (including phenoxy) is 2. The summed E-state index contributed by atoms with van der Waals surface area (Å²) in [6.45, 7) is 12.3. The number of rotatable bonds is 10. The van der Waals surface area contributed by atoms with E-state index in [1.165, 1.54) is 0 Å². The van der Waals surface area contributed by atoms with E-state index in [1.54, 1.807) is 48.5 Å². The molecule has 0 radical (unpaired) electrons. The molecule has 6 aromatic carbocycles. The summed E-state index contributed by atoms with van der Waals surface area (Å²) in [5.41, 5.74) is 7.39. The van der Waals surface area contributed by atoms with E-state index in [9.17, 15) is 13.2 Å². The quantitative estimate of drug-likeness (QED) is 0.135. The van der Waals surface area contributed by atoms with Crippen LogP contribution >= 0.6 is 0 Å². The predicted octanol–water partition coefficient (Wildman–Crippen LogP) is 10.9. The second-order valence-corrected chi connectivity index (χ2v) is 15.2. The Morgan fingerprint density at radius 1 is 0.500 bits per heavy atom. The van der Waals surface area contributed by atoms with E-state index in [1.807, 2.05) is 100 Å². The summed E-state index contributed by atoms with van der Waals surface area (Å²) in [4.78, 5) is 13.6. The van der Waals surface area contributed by atoms with Gasteiger partial charge in [0.05, 0.1) is 9.79 Å². The van der Waals surface area contributed by atoms with E-state index in [4.69, 9.17) is 9.47 Å². The molecule has 0 aliphatic heterocycles. The van der Waals surface area contributed by atoms with E-state index in [0.717, 1.165) is 33.4 Å². The Bertz CT molecular complexity index is 2270. The first-order valence-electron chi connectivity index (χ1n) is 16.5. The van der Waals surface area contributed by atoms with Crippen LogP contribution in [0.2, 0.25) is 0 Å². The molecule has 0 saturated heterocycles. The van der Waals surface area contributed by atoms with Gasteiger partial charge in [0.25, 0.3) is 0 Å². The van der Waals surface area contributed by atoms with Gasteiger partial charge in [0.2, 0.25) is 9.84 Å². The van der Waals surface area contributed by atoms with Gasteiger partial charge in [-0.2, -0.15) is 0 Å². The SMILES string of the molecule is Cc1ccc(S(=O)(=O)c2ccc(Oc3ccc(C(C)(C)c4ccc(Oc5ccc(C(=O)c6ccc(C)c(C)c6)cc5C)cc4)cc3)cc2)cc1. The standard InChI is InChI=1S/C44H40O5S/c1-29-7-22-40(23-8-29)50(46,47)41-24-20-38(21-25-41)48-37-16-12-35(13-17-37)44(5,6)36-14-18-39(19-15-36)49-42-26-11-34(28-32(42)4)43(45)33-10-9-30(2)31(3)27-33/h7-28H,1-6H3. The molecule has 0 bridgehead atoms. The van der Waals surface area contributed by atoms with Crippen molar-refractivity contribution in [1.82, 2.24) is 0 Å². The summed E-state index contributed by atoms with van der Waals surface area (Å²) < 4.78 is 38.3. The first-order chi connectivity index (χ1) is 23.8. The van der Waals surface area contributed by atoms with Crippen LogP contribution in [0, 0.1) is 27.7 Å². The van der Waals surface area contributed by atoms with Gasteiger partial charge >= 0.3 is 0 Å². The molecule has 0 aromatic heterocycles. The molecule has 252 valence electrons. The summed E-state index contributed by atoms with van der Waals surface area (Å²) in [6, 6.07) is 40.6. The monoisotopic (exact) mass is 680 g/mol. The highest BCUT2D eigenvalue weighted by Gasteiger charge is 2.24. The molecule has 0 unspecified atom stereocenters. The molecule has 50 heavy (non-hydrogen) atoms. The summed E-state index contributed by atoms with van der Waals surface area (Å²) in [5.74, 6) is 2.61. The molecule has 6 heteroatoms. The van der Waals surface area contributed by atoms with Crippen molar-refractivity contribution >= 4 is 15.6 Å². The molecule has 5 nitrogen and oxygen atoms in total. The van der Waals surface area contributed by atoms with Crippen molar-refractivity contribution in [3.8, 4) is 23.0 Å². The van der Waals surface area contributed by atoms with Gasteiger partial charge in [0, 0.05) is 16.5 Å². The lowest BCUT2D eigenvalue weighted by molar-refractivity contribution is 0.103. The van der Waals surface area contributed by atoms with Crippen LogP contribution in [-0.2, 0) is 15.3 Å². The fraction of sp³-hybridized carbons (Fsp3) is 0.159. The van der Waals surface area contributed by atoms with Crippen LogP contribution in [0.1, 0.15) is 63.1 Å². The fourth-order valence-corrected chi connectivity index (χ4v) is 7.06. The van der Waals surface area contributed by atoms with Crippen LogP contribution in [0.15, 0.2) is 143 Å². The van der Waals surface area contributed by atoms with Crippen LogP contribution in [-0.4, -0.2) is 14.2 Å². The molecule has 0 atom stereocenters. The maximum atomic E-state index is 13.1. The Kier molecular flexibility index (Phi) is 9.50. The average Bonchev–Trinajstić information content (AvgIpc) is 3.11. The van der Waals surface area contributed by atoms with Crippen molar-refractivity contribution in [2.24, 2.45) is 0 Å². The largest absolute Gasteiger partial charge is 0.457 e. The van der Waals surface area contributed by atoms with Gasteiger partial charge in [0.15, 0.2) is 5.78 Å². The third-order valence-electron chi connectivity index (χ3n) is 9.29. The fourth-order valence-electron chi connectivity index (χ4n) is 5.80. The summed E-state index contributed by atoms with van der Waals surface area (Å²) in [5, 5.41) is 0. The molecule has 0 aliphatic carbocycles. The van der Waals surface area contributed by atoms with Crippen LogP contribution in [0.5, 0.6) is 23.0 Å². The number of benzene rings is 6. The Morgan fingerprint density at radius 3 is 1.44 bits per heavy atom. The molecule has 0 heterocycles. The minimum Gasteiger partial charge on any atom is -0.457 e. The molecular formula is C44H40O5S. The third-order valence-corrected chi connectivity index (χ3v) is 11.1.